The molecule has 10 heteroatoms. The summed E-state index contributed by atoms with van der Waals surface area (Å²) in [6, 6.07) is 21.2. The van der Waals surface area contributed by atoms with E-state index >= 15 is 0 Å². The van der Waals surface area contributed by atoms with Crippen LogP contribution in [0, 0.1) is 0 Å². The molecule has 208 valence electrons. The number of nitrogens with one attached hydrogen (secondary N) is 1. The van der Waals surface area contributed by atoms with Crippen molar-refractivity contribution in [2.45, 2.75) is 55.6 Å². The molecular weight excluding hydrogens is 550 g/mol. The molecule has 1 fully saturated rings. The Morgan fingerprint density at radius 2 is 1.60 bits per heavy atom. The van der Waals surface area contributed by atoms with Crippen LogP contribution in [0.5, 0.6) is 0 Å². The van der Waals surface area contributed by atoms with Crippen molar-refractivity contribution >= 4 is 39.3 Å². The Labute approximate surface area is 239 Å². The van der Waals surface area contributed by atoms with Gasteiger partial charge in [0.1, 0.15) is 17.5 Å². The van der Waals surface area contributed by atoms with E-state index in [1.165, 1.54) is 23.1 Å². The minimum Gasteiger partial charge on any atom is -0.352 e. The summed E-state index contributed by atoms with van der Waals surface area (Å²) < 4.78 is 27.0. The lowest BCUT2D eigenvalue weighted by Gasteiger charge is -2.33. The third-order valence-electron chi connectivity index (χ3n) is 7.46. The smallest absolute Gasteiger partial charge is 0.269 e. The van der Waals surface area contributed by atoms with Gasteiger partial charge in [0.2, 0.25) is 11.8 Å². The van der Waals surface area contributed by atoms with Crippen LogP contribution in [0.2, 0.25) is 5.02 Å². The summed E-state index contributed by atoms with van der Waals surface area (Å²) in [5.41, 5.74) is 1.46. The molecule has 0 saturated heterocycles. The van der Waals surface area contributed by atoms with E-state index in [4.69, 9.17) is 11.6 Å². The number of carbonyl (C=O) groups is 3. The maximum Gasteiger partial charge on any atom is 0.269 e. The van der Waals surface area contributed by atoms with E-state index in [1.54, 1.807) is 30.3 Å². The molecule has 1 heterocycles. The molecule has 1 aliphatic carbocycles. The van der Waals surface area contributed by atoms with Gasteiger partial charge in [0, 0.05) is 24.0 Å². The average molecular weight is 580 g/mol. The van der Waals surface area contributed by atoms with Crippen LogP contribution in [0.15, 0.2) is 83.8 Å². The molecule has 0 spiro atoms. The first-order chi connectivity index (χ1) is 19.3. The minimum absolute atomic E-state index is 0.0121. The number of carbonyl (C=O) groups excluding carboxylic acids is 3. The van der Waals surface area contributed by atoms with E-state index < -0.39 is 34.4 Å². The first-order valence-electron chi connectivity index (χ1n) is 13.3. The Morgan fingerprint density at radius 1 is 0.950 bits per heavy atom. The van der Waals surface area contributed by atoms with Crippen molar-refractivity contribution in [1.29, 1.82) is 0 Å². The zero-order chi connectivity index (χ0) is 28.3. The number of hydrogen-bond donors (Lipinski definition) is 1. The van der Waals surface area contributed by atoms with Crippen LogP contribution in [0.25, 0.3) is 0 Å². The highest BCUT2D eigenvalue weighted by molar-refractivity contribution is 7.90. The zero-order valence-electron chi connectivity index (χ0n) is 21.8. The standard InChI is InChI=1S/C30H30ClN3O5S/c31-25-16-8-4-12-22(25)19-33(28(35)20-34-30(37)24-15-7-9-17-27(24)40(34,38)39)26(18-21-10-2-1-3-11-21)29(36)32-23-13-5-6-14-23/h1-4,7-12,15-17,23,26H,5-6,13-14,18-20H2,(H,32,36)/t26-/m1/s1. The van der Waals surface area contributed by atoms with Crippen molar-refractivity contribution in [1.82, 2.24) is 14.5 Å². The van der Waals surface area contributed by atoms with Gasteiger partial charge in [0.15, 0.2) is 0 Å². The predicted octanol–water partition coefficient (Wildman–Crippen LogP) is 4.18. The summed E-state index contributed by atoms with van der Waals surface area (Å²) in [6.45, 7) is -0.772. The molecule has 0 radical (unpaired) electrons. The second-order valence-corrected chi connectivity index (χ2v) is 12.4. The van der Waals surface area contributed by atoms with E-state index in [0.29, 0.717) is 14.9 Å². The Bertz CT molecular complexity index is 1520. The molecule has 1 saturated carbocycles. The van der Waals surface area contributed by atoms with Crippen molar-refractivity contribution < 1.29 is 22.8 Å². The average Bonchev–Trinajstić information content (AvgIpc) is 3.53. The van der Waals surface area contributed by atoms with Crippen molar-refractivity contribution in [2.75, 3.05) is 6.54 Å². The fraction of sp³-hybridized carbons (Fsp3) is 0.300. The molecule has 1 atom stereocenters. The molecule has 0 unspecified atom stereocenters. The van der Waals surface area contributed by atoms with Crippen LogP contribution < -0.4 is 5.32 Å². The van der Waals surface area contributed by atoms with Gasteiger partial charge in [-0.2, -0.15) is 0 Å². The number of halogens is 1. The lowest BCUT2D eigenvalue weighted by Crippen LogP contribution is -2.54. The first kappa shape index (κ1) is 27.9. The van der Waals surface area contributed by atoms with E-state index in [1.807, 2.05) is 30.3 Å². The monoisotopic (exact) mass is 579 g/mol. The summed E-state index contributed by atoms with van der Waals surface area (Å²) in [7, 11) is -4.22. The molecule has 0 aromatic heterocycles. The molecule has 0 bridgehead atoms. The number of fused-ring (bicyclic) bond motifs is 1. The molecule has 3 amide bonds. The quantitative estimate of drug-likeness (QED) is 0.409. The first-order valence-corrected chi connectivity index (χ1v) is 15.1. The molecule has 3 aromatic rings. The van der Waals surface area contributed by atoms with Gasteiger partial charge >= 0.3 is 0 Å². The maximum absolute atomic E-state index is 14.0. The Kier molecular flexibility index (Phi) is 8.23. The van der Waals surface area contributed by atoms with Gasteiger partial charge in [-0.15, -0.1) is 0 Å². The van der Waals surface area contributed by atoms with Gasteiger partial charge in [0.05, 0.1) is 5.56 Å². The summed E-state index contributed by atoms with van der Waals surface area (Å²) in [5.74, 6) is -1.76. The normalized spacial score (nSPS) is 16.9. The lowest BCUT2D eigenvalue weighted by atomic mass is 10.0. The minimum atomic E-state index is -4.22. The highest BCUT2D eigenvalue weighted by Gasteiger charge is 2.43. The summed E-state index contributed by atoms with van der Waals surface area (Å²) in [4.78, 5) is 42.1. The van der Waals surface area contributed by atoms with Gasteiger partial charge in [-0.25, -0.2) is 12.7 Å². The van der Waals surface area contributed by atoms with Gasteiger partial charge < -0.3 is 10.2 Å². The maximum atomic E-state index is 14.0. The van der Waals surface area contributed by atoms with Crippen LogP contribution in [-0.4, -0.2) is 54.0 Å². The fourth-order valence-electron chi connectivity index (χ4n) is 5.33. The summed E-state index contributed by atoms with van der Waals surface area (Å²) >= 11 is 6.46. The van der Waals surface area contributed by atoms with Crippen LogP contribution >= 0.6 is 11.6 Å². The fourth-order valence-corrected chi connectivity index (χ4v) is 7.05. The van der Waals surface area contributed by atoms with Crippen LogP contribution in [0.3, 0.4) is 0 Å². The van der Waals surface area contributed by atoms with E-state index in [-0.39, 0.29) is 35.4 Å². The van der Waals surface area contributed by atoms with E-state index in [0.717, 1.165) is 31.2 Å². The SMILES string of the molecule is O=C(NC1CCCC1)[C@@H](Cc1ccccc1)N(Cc1ccccc1Cl)C(=O)CN1C(=O)c2ccccc2S1(=O)=O. The third-order valence-corrected chi connectivity index (χ3v) is 9.62. The molecule has 1 aliphatic heterocycles. The number of nitrogens with zero attached hydrogens (tertiary/aromatic N) is 2. The Balaban J connectivity index is 1.50. The molecule has 5 rings (SSSR count). The summed E-state index contributed by atoms with van der Waals surface area (Å²) in [6.07, 6.45) is 3.97. The van der Waals surface area contributed by atoms with E-state index in [2.05, 4.69) is 5.32 Å². The van der Waals surface area contributed by atoms with Gasteiger partial charge in [0.25, 0.3) is 15.9 Å². The van der Waals surface area contributed by atoms with Gasteiger partial charge in [-0.1, -0.05) is 85.1 Å². The zero-order valence-corrected chi connectivity index (χ0v) is 23.4. The van der Waals surface area contributed by atoms with Gasteiger partial charge in [-0.05, 0) is 42.2 Å². The molecule has 8 nitrogen and oxygen atoms in total. The number of benzene rings is 3. The third kappa shape index (κ3) is 5.76. The molecular formula is C30H30ClN3O5S. The van der Waals surface area contributed by atoms with Crippen molar-refractivity contribution in [3.05, 3.63) is 101 Å². The Hall–Kier alpha value is -3.69. The van der Waals surface area contributed by atoms with E-state index in [9.17, 15) is 22.8 Å². The number of amides is 3. The molecule has 1 N–H and O–H groups in total. The summed E-state index contributed by atoms with van der Waals surface area (Å²) in [5, 5.41) is 3.51. The molecule has 40 heavy (non-hydrogen) atoms. The number of sulfonamides is 1. The highest BCUT2D eigenvalue weighted by atomic mass is 35.5. The largest absolute Gasteiger partial charge is 0.352 e. The highest BCUT2D eigenvalue weighted by Crippen LogP contribution is 2.30. The molecule has 2 aliphatic rings. The number of rotatable bonds is 9. The van der Waals surface area contributed by atoms with Crippen LogP contribution in [-0.2, 0) is 32.6 Å². The lowest BCUT2D eigenvalue weighted by molar-refractivity contribution is -0.141. The Morgan fingerprint density at radius 3 is 2.30 bits per heavy atom. The van der Waals surface area contributed by atoms with Crippen molar-refractivity contribution in [2.24, 2.45) is 0 Å². The van der Waals surface area contributed by atoms with Gasteiger partial charge in [-0.3, -0.25) is 14.4 Å². The van der Waals surface area contributed by atoms with Crippen LogP contribution in [0.4, 0.5) is 0 Å². The second kappa shape index (κ2) is 11.8. The molecule has 3 aromatic carbocycles. The van der Waals surface area contributed by atoms with Crippen molar-refractivity contribution in [3.8, 4) is 0 Å². The predicted molar refractivity (Wildman–Crippen MR) is 151 cm³/mol. The second-order valence-electron chi connectivity index (χ2n) is 10.1. The topological polar surface area (TPSA) is 104 Å². The van der Waals surface area contributed by atoms with Crippen LogP contribution in [0.1, 0.15) is 47.2 Å². The number of hydrogen-bond acceptors (Lipinski definition) is 5. The van der Waals surface area contributed by atoms with Crippen molar-refractivity contribution in [3.63, 3.8) is 0 Å².